The van der Waals surface area contributed by atoms with E-state index in [9.17, 15) is 13.2 Å². The van der Waals surface area contributed by atoms with Crippen LogP contribution in [0.2, 0.25) is 0 Å². The number of halogens is 3. The summed E-state index contributed by atoms with van der Waals surface area (Å²) in [5, 5.41) is 0. The summed E-state index contributed by atoms with van der Waals surface area (Å²) >= 11 is 1.32. The van der Waals surface area contributed by atoms with Crippen LogP contribution in [-0.4, -0.2) is 0 Å². The first-order valence-electron chi connectivity index (χ1n) is 4.96. The van der Waals surface area contributed by atoms with E-state index < -0.39 is 11.7 Å². The van der Waals surface area contributed by atoms with Crippen LogP contribution in [0.4, 0.5) is 13.2 Å². The van der Waals surface area contributed by atoms with Crippen LogP contribution in [0.3, 0.4) is 0 Å². The predicted molar refractivity (Wildman–Crippen MR) is 62.0 cm³/mol. The molecule has 2 rings (SSSR count). The van der Waals surface area contributed by atoms with Crippen molar-refractivity contribution in [1.82, 2.24) is 0 Å². The van der Waals surface area contributed by atoms with Crippen LogP contribution < -0.4 is 0 Å². The Hall–Kier alpha value is -1.42. The Labute approximate surface area is 101 Å². The lowest BCUT2D eigenvalue weighted by molar-refractivity contribution is -0.137. The number of hydrogen-bond donors (Lipinski definition) is 0. The van der Waals surface area contributed by atoms with Crippen molar-refractivity contribution >= 4 is 11.8 Å². The first-order chi connectivity index (χ1) is 8.05. The molecule has 2 aromatic rings. The molecule has 0 fully saturated rings. The maximum atomic E-state index is 12.5. The summed E-state index contributed by atoms with van der Waals surface area (Å²) in [4.78, 5) is 1.51. The molecule has 0 heterocycles. The fraction of sp³-hybridized carbons (Fsp3) is 0.0769. The number of hydrogen-bond acceptors (Lipinski definition) is 1. The molecule has 0 nitrogen and oxygen atoms in total. The minimum atomic E-state index is -4.28. The Bertz CT molecular complexity index is 492. The Balaban J connectivity index is 2.23. The molecule has 0 bridgehead atoms. The van der Waals surface area contributed by atoms with Gasteiger partial charge < -0.3 is 0 Å². The number of rotatable bonds is 2. The van der Waals surface area contributed by atoms with Gasteiger partial charge in [0.2, 0.25) is 0 Å². The van der Waals surface area contributed by atoms with Gasteiger partial charge in [-0.2, -0.15) is 13.2 Å². The fourth-order valence-electron chi connectivity index (χ4n) is 1.36. The molecule has 4 heteroatoms. The summed E-state index contributed by atoms with van der Waals surface area (Å²) in [5.41, 5.74) is -0.613. The van der Waals surface area contributed by atoms with Gasteiger partial charge in [0.05, 0.1) is 5.56 Å². The van der Waals surface area contributed by atoms with Crippen LogP contribution in [0.25, 0.3) is 0 Å². The second-order valence-corrected chi connectivity index (χ2v) is 4.59. The van der Waals surface area contributed by atoms with Gasteiger partial charge in [-0.15, -0.1) is 0 Å². The van der Waals surface area contributed by atoms with Gasteiger partial charge in [-0.1, -0.05) is 36.0 Å². The molecule has 88 valence electrons. The van der Waals surface area contributed by atoms with Crippen molar-refractivity contribution in [3.8, 4) is 0 Å². The van der Waals surface area contributed by atoms with Gasteiger partial charge in [-0.25, -0.2) is 0 Å². The maximum Gasteiger partial charge on any atom is 0.416 e. The van der Waals surface area contributed by atoms with E-state index in [1.807, 2.05) is 30.3 Å². The van der Waals surface area contributed by atoms with Crippen molar-refractivity contribution in [3.05, 3.63) is 60.2 Å². The van der Waals surface area contributed by atoms with Crippen LogP contribution >= 0.6 is 11.8 Å². The second kappa shape index (κ2) is 4.84. The Morgan fingerprint density at radius 3 is 2.06 bits per heavy atom. The van der Waals surface area contributed by atoms with E-state index in [0.29, 0.717) is 4.90 Å². The van der Waals surface area contributed by atoms with Gasteiger partial charge in [0, 0.05) is 9.79 Å². The van der Waals surface area contributed by atoms with Gasteiger partial charge in [0.15, 0.2) is 0 Å². The molecule has 0 radical (unpaired) electrons. The third-order valence-electron chi connectivity index (χ3n) is 2.14. The normalized spacial score (nSPS) is 11.5. The summed E-state index contributed by atoms with van der Waals surface area (Å²) in [5.74, 6) is 0. The summed E-state index contributed by atoms with van der Waals surface area (Å²) in [7, 11) is 0. The van der Waals surface area contributed by atoms with Crippen LogP contribution in [0.15, 0.2) is 64.4 Å². The van der Waals surface area contributed by atoms with Crippen LogP contribution in [-0.2, 0) is 6.18 Å². The Kier molecular flexibility index (Phi) is 3.43. The molecule has 0 atom stereocenters. The lowest BCUT2D eigenvalue weighted by Gasteiger charge is -2.08. The minimum absolute atomic E-state index is 0.589. The fourth-order valence-corrected chi connectivity index (χ4v) is 2.26. The summed E-state index contributed by atoms with van der Waals surface area (Å²) in [6.45, 7) is 0. The van der Waals surface area contributed by atoms with E-state index in [-0.39, 0.29) is 0 Å². The molecule has 0 N–H and O–H groups in total. The molecule has 0 amide bonds. The second-order valence-electron chi connectivity index (χ2n) is 3.44. The minimum Gasteiger partial charge on any atom is -0.166 e. The van der Waals surface area contributed by atoms with Crippen LogP contribution in [0.1, 0.15) is 5.56 Å². The highest BCUT2D eigenvalue weighted by atomic mass is 32.2. The zero-order valence-corrected chi connectivity index (χ0v) is 9.55. The molecule has 0 unspecified atom stereocenters. The molecule has 0 aromatic heterocycles. The lowest BCUT2D eigenvalue weighted by Crippen LogP contribution is -2.04. The average Bonchev–Trinajstić information content (AvgIpc) is 2.29. The van der Waals surface area contributed by atoms with Crippen molar-refractivity contribution < 1.29 is 13.2 Å². The van der Waals surface area contributed by atoms with E-state index in [0.717, 1.165) is 17.0 Å². The van der Waals surface area contributed by atoms with Crippen molar-refractivity contribution in [1.29, 1.82) is 0 Å². The van der Waals surface area contributed by atoms with Crippen molar-refractivity contribution in [2.45, 2.75) is 16.0 Å². The average molecular weight is 254 g/mol. The van der Waals surface area contributed by atoms with E-state index in [2.05, 4.69) is 0 Å². The van der Waals surface area contributed by atoms with Crippen molar-refractivity contribution in [3.63, 3.8) is 0 Å². The monoisotopic (exact) mass is 254 g/mol. The molecule has 0 saturated carbocycles. The molecule has 17 heavy (non-hydrogen) atoms. The van der Waals surface area contributed by atoms with E-state index in [1.165, 1.54) is 17.8 Å². The standard InChI is InChI=1S/C13H9F3S/c14-13(15,16)10-5-4-8-12(9-10)17-11-6-2-1-3-7-11/h1-9H. The van der Waals surface area contributed by atoms with E-state index in [1.54, 1.807) is 6.07 Å². The van der Waals surface area contributed by atoms with Crippen LogP contribution in [0.5, 0.6) is 0 Å². The molecule has 0 aliphatic rings. The molecule has 2 aromatic carbocycles. The summed E-state index contributed by atoms with van der Waals surface area (Å²) in [6, 6.07) is 14.7. The first-order valence-corrected chi connectivity index (χ1v) is 5.77. The van der Waals surface area contributed by atoms with Gasteiger partial charge in [-0.05, 0) is 30.3 Å². The zero-order chi connectivity index (χ0) is 12.3. The Morgan fingerprint density at radius 1 is 0.765 bits per heavy atom. The quantitative estimate of drug-likeness (QED) is 0.737. The van der Waals surface area contributed by atoms with Gasteiger partial charge in [0.25, 0.3) is 0 Å². The third-order valence-corrected chi connectivity index (χ3v) is 3.14. The molecule has 0 saturated heterocycles. The largest absolute Gasteiger partial charge is 0.416 e. The van der Waals surface area contributed by atoms with Gasteiger partial charge in [0.1, 0.15) is 0 Å². The lowest BCUT2D eigenvalue weighted by atomic mass is 10.2. The maximum absolute atomic E-state index is 12.5. The highest BCUT2D eigenvalue weighted by Crippen LogP contribution is 2.34. The zero-order valence-electron chi connectivity index (χ0n) is 8.74. The number of alkyl halides is 3. The summed E-state index contributed by atoms with van der Waals surface area (Å²) in [6.07, 6.45) is -4.28. The molecule has 0 aliphatic carbocycles. The van der Waals surface area contributed by atoms with Crippen molar-refractivity contribution in [2.75, 3.05) is 0 Å². The molecular weight excluding hydrogens is 245 g/mol. The highest BCUT2D eigenvalue weighted by Gasteiger charge is 2.30. The molecular formula is C13H9F3S. The van der Waals surface area contributed by atoms with Gasteiger partial charge in [-0.3, -0.25) is 0 Å². The van der Waals surface area contributed by atoms with Gasteiger partial charge >= 0.3 is 6.18 Å². The first kappa shape index (κ1) is 12.0. The molecule has 0 spiro atoms. The van der Waals surface area contributed by atoms with E-state index >= 15 is 0 Å². The predicted octanol–water partition coefficient (Wildman–Crippen LogP) is 4.86. The number of benzene rings is 2. The van der Waals surface area contributed by atoms with Crippen LogP contribution in [0, 0.1) is 0 Å². The topological polar surface area (TPSA) is 0 Å². The SMILES string of the molecule is FC(F)(F)c1cccc(Sc2ccccc2)c1. The third kappa shape index (κ3) is 3.27. The summed E-state index contributed by atoms with van der Waals surface area (Å²) < 4.78 is 37.5. The highest BCUT2D eigenvalue weighted by molar-refractivity contribution is 7.99. The van der Waals surface area contributed by atoms with E-state index in [4.69, 9.17) is 0 Å². The Morgan fingerprint density at radius 2 is 1.41 bits per heavy atom. The molecule has 0 aliphatic heterocycles. The smallest absolute Gasteiger partial charge is 0.166 e. The van der Waals surface area contributed by atoms with Crippen molar-refractivity contribution in [2.24, 2.45) is 0 Å².